The highest BCUT2D eigenvalue weighted by atomic mass is 16.3. The predicted octanol–water partition coefficient (Wildman–Crippen LogP) is 3.84. The topological polar surface area (TPSA) is 82.2 Å². The lowest BCUT2D eigenvalue weighted by atomic mass is 10.1. The fourth-order valence-corrected chi connectivity index (χ4v) is 3.30. The van der Waals surface area contributed by atoms with E-state index in [1.54, 1.807) is 16.9 Å². The first-order valence-electron chi connectivity index (χ1n) is 9.02. The zero-order valence-electron chi connectivity index (χ0n) is 14.5. The lowest BCUT2D eigenvalue weighted by Gasteiger charge is -2.15. The van der Waals surface area contributed by atoms with Crippen LogP contribution in [0.15, 0.2) is 30.0 Å². The van der Waals surface area contributed by atoms with E-state index in [1.165, 1.54) is 63.6 Å². The number of hydrogen-bond donors (Lipinski definition) is 3. The fourth-order valence-electron chi connectivity index (χ4n) is 3.30. The van der Waals surface area contributed by atoms with E-state index in [0.717, 1.165) is 0 Å². The summed E-state index contributed by atoms with van der Waals surface area (Å²) in [6, 6.07) is 1.88. The molecular formula is C19H26N4O2. The van der Waals surface area contributed by atoms with E-state index in [4.69, 9.17) is 0 Å². The van der Waals surface area contributed by atoms with Crippen molar-refractivity contribution in [3.63, 3.8) is 0 Å². The van der Waals surface area contributed by atoms with Gasteiger partial charge in [-0.15, -0.1) is 0 Å². The van der Waals surface area contributed by atoms with Crippen LogP contribution >= 0.6 is 0 Å². The fraction of sp³-hybridized carbons (Fsp3) is 0.474. The molecule has 6 heteroatoms. The van der Waals surface area contributed by atoms with Gasteiger partial charge in [0.05, 0.1) is 30.1 Å². The van der Waals surface area contributed by atoms with Gasteiger partial charge in [0, 0.05) is 12.1 Å². The Bertz CT molecular complexity index is 756. The summed E-state index contributed by atoms with van der Waals surface area (Å²) in [7, 11) is 0. The van der Waals surface area contributed by atoms with Crippen molar-refractivity contribution < 1.29 is 10.2 Å². The smallest absolute Gasteiger partial charge is 0.174 e. The second-order valence-electron chi connectivity index (χ2n) is 6.68. The number of pyridine rings is 1. The first-order chi connectivity index (χ1) is 12.1. The van der Waals surface area contributed by atoms with Crippen molar-refractivity contribution in [2.45, 2.75) is 57.4 Å². The summed E-state index contributed by atoms with van der Waals surface area (Å²) < 4.78 is 1.66. The van der Waals surface area contributed by atoms with E-state index >= 15 is 0 Å². The molecule has 6 nitrogen and oxygen atoms in total. The Morgan fingerprint density at radius 1 is 1.16 bits per heavy atom. The quantitative estimate of drug-likeness (QED) is 0.582. The molecule has 0 unspecified atom stereocenters. The summed E-state index contributed by atoms with van der Waals surface area (Å²) >= 11 is 0. The van der Waals surface area contributed by atoms with Crippen molar-refractivity contribution >= 4 is 17.7 Å². The number of aromatic hydroxyl groups is 2. The standard InChI is InChI=1S/C19H26N4O2/c1-14(16-11-20-19-10-17(24)18(25)12-23(16)19)21-13-22-15-8-6-4-2-3-5-7-9-15/h10-13,15,24-25H,1-9H2,(H,21,22). The highest BCUT2D eigenvalue weighted by Gasteiger charge is 2.11. The van der Waals surface area contributed by atoms with Crippen LogP contribution in [0.3, 0.4) is 0 Å². The van der Waals surface area contributed by atoms with Crippen LogP contribution in [0.25, 0.3) is 11.3 Å². The minimum Gasteiger partial charge on any atom is -0.504 e. The SMILES string of the molecule is C=C(/N=C/NC1CCCCCCCC1)c1cnc2cc(O)c(O)cn12. The molecule has 134 valence electrons. The first-order valence-corrected chi connectivity index (χ1v) is 9.02. The van der Waals surface area contributed by atoms with Crippen LogP contribution in [0.5, 0.6) is 11.5 Å². The minimum atomic E-state index is -0.202. The summed E-state index contributed by atoms with van der Waals surface area (Å²) in [5.74, 6) is -0.395. The van der Waals surface area contributed by atoms with Gasteiger partial charge in [0.25, 0.3) is 0 Å². The number of aliphatic imine (C=N–C) groups is 1. The molecule has 0 amide bonds. The second kappa shape index (κ2) is 8.05. The molecule has 0 aliphatic heterocycles. The number of imidazole rings is 1. The molecule has 0 saturated heterocycles. The normalized spacial score (nSPS) is 17.3. The molecule has 0 atom stereocenters. The molecule has 3 N–H and O–H groups in total. The Balaban J connectivity index is 1.65. The van der Waals surface area contributed by atoms with Crippen molar-refractivity contribution in [3.05, 3.63) is 30.7 Å². The Morgan fingerprint density at radius 2 is 1.84 bits per heavy atom. The monoisotopic (exact) mass is 342 g/mol. The number of hydrogen-bond acceptors (Lipinski definition) is 4. The summed E-state index contributed by atoms with van der Waals surface area (Å²) in [4.78, 5) is 8.61. The van der Waals surface area contributed by atoms with Gasteiger partial charge >= 0.3 is 0 Å². The van der Waals surface area contributed by atoms with Crippen LogP contribution < -0.4 is 5.32 Å². The lowest BCUT2D eigenvalue weighted by molar-refractivity contribution is 0.401. The van der Waals surface area contributed by atoms with Crippen LogP contribution in [0, 0.1) is 0 Å². The summed E-state index contributed by atoms with van der Waals surface area (Å²) in [6.45, 7) is 3.99. The molecule has 1 fully saturated rings. The van der Waals surface area contributed by atoms with E-state index in [1.807, 2.05) is 0 Å². The van der Waals surface area contributed by atoms with Gasteiger partial charge in [0.1, 0.15) is 5.65 Å². The van der Waals surface area contributed by atoms with Crippen LogP contribution in [-0.2, 0) is 0 Å². The number of nitrogens with zero attached hydrogens (tertiary/aromatic N) is 3. The summed E-state index contributed by atoms with van der Waals surface area (Å²) in [5, 5.41) is 22.6. The predicted molar refractivity (Wildman–Crippen MR) is 99.9 cm³/mol. The summed E-state index contributed by atoms with van der Waals surface area (Å²) in [5.41, 5.74) is 1.76. The first kappa shape index (κ1) is 17.3. The van der Waals surface area contributed by atoms with Crippen molar-refractivity contribution in [3.8, 4) is 11.5 Å². The average molecular weight is 342 g/mol. The lowest BCUT2D eigenvalue weighted by Crippen LogP contribution is -2.27. The second-order valence-corrected chi connectivity index (χ2v) is 6.68. The third-order valence-corrected chi connectivity index (χ3v) is 4.79. The van der Waals surface area contributed by atoms with E-state index in [2.05, 4.69) is 21.9 Å². The van der Waals surface area contributed by atoms with E-state index < -0.39 is 0 Å². The zero-order chi connectivity index (χ0) is 17.6. The third-order valence-electron chi connectivity index (χ3n) is 4.79. The number of rotatable bonds is 4. The Labute approximate surface area is 147 Å². The molecule has 2 heterocycles. The average Bonchev–Trinajstić information content (AvgIpc) is 3.04. The van der Waals surface area contributed by atoms with Gasteiger partial charge in [0.15, 0.2) is 11.5 Å². The highest BCUT2D eigenvalue weighted by Crippen LogP contribution is 2.27. The van der Waals surface area contributed by atoms with Crippen LogP contribution in [0.2, 0.25) is 0 Å². The summed E-state index contributed by atoms with van der Waals surface area (Å²) in [6.07, 6.45) is 15.0. The molecule has 25 heavy (non-hydrogen) atoms. The van der Waals surface area contributed by atoms with Gasteiger partial charge < -0.3 is 15.5 Å². The van der Waals surface area contributed by atoms with Gasteiger partial charge in [-0.2, -0.15) is 0 Å². The highest BCUT2D eigenvalue weighted by molar-refractivity contribution is 5.71. The molecule has 0 bridgehead atoms. The largest absolute Gasteiger partial charge is 0.504 e. The van der Waals surface area contributed by atoms with Crippen LogP contribution in [0.4, 0.5) is 0 Å². The molecule has 2 aromatic rings. The number of aromatic nitrogens is 2. The van der Waals surface area contributed by atoms with E-state index in [9.17, 15) is 10.2 Å². The third kappa shape index (κ3) is 4.32. The molecule has 0 spiro atoms. The molecule has 2 aromatic heterocycles. The molecular weight excluding hydrogens is 316 g/mol. The Morgan fingerprint density at radius 3 is 2.56 bits per heavy atom. The maximum Gasteiger partial charge on any atom is 0.174 e. The molecule has 1 aliphatic rings. The molecule has 3 rings (SSSR count). The molecule has 1 saturated carbocycles. The van der Waals surface area contributed by atoms with Crippen molar-refractivity contribution in [1.29, 1.82) is 0 Å². The zero-order valence-corrected chi connectivity index (χ0v) is 14.5. The maximum absolute atomic E-state index is 9.68. The van der Waals surface area contributed by atoms with Gasteiger partial charge in [-0.1, -0.05) is 45.1 Å². The van der Waals surface area contributed by atoms with Crippen LogP contribution in [-0.4, -0.2) is 32.0 Å². The van der Waals surface area contributed by atoms with Gasteiger partial charge in [0.2, 0.25) is 0 Å². The van der Waals surface area contributed by atoms with E-state index in [0.29, 0.717) is 23.1 Å². The molecule has 0 aromatic carbocycles. The maximum atomic E-state index is 9.68. The Kier molecular flexibility index (Phi) is 5.58. The van der Waals surface area contributed by atoms with Crippen molar-refractivity contribution in [1.82, 2.24) is 14.7 Å². The van der Waals surface area contributed by atoms with Crippen LogP contribution in [0.1, 0.15) is 57.1 Å². The molecule has 1 aliphatic carbocycles. The van der Waals surface area contributed by atoms with Crippen molar-refractivity contribution in [2.75, 3.05) is 0 Å². The van der Waals surface area contributed by atoms with E-state index in [-0.39, 0.29) is 11.5 Å². The van der Waals surface area contributed by atoms with Gasteiger partial charge in [-0.25, -0.2) is 9.98 Å². The van der Waals surface area contributed by atoms with Gasteiger partial charge in [-0.3, -0.25) is 4.40 Å². The minimum absolute atomic E-state index is 0.194. The van der Waals surface area contributed by atoms with Gasteiger partial charge in [-0.05, 0) is 12.8 Å². The molecule has 0 radical (unpaired) electrons. The number of nitrogens with one attached hydrogen (secondary N) is 1. The van der Waals surface area contributed by atoms with Crippen molar-refractivity contribution in [2.24, 2.45) is 4.99 Å². The Hall–Kier alpha value is -2.50. The number of fused-ring (bicyclic) bond motifs is 1.